The van der Waals surface area contributed by atoms with E-state index >= 15 is 0 Å². The van der Waals surface area contributed by atoms with E-state index in [2.05, 4.69) is 37.3 Å². The molecule has 2 nitrogen and oxygen atoms in total. The number of hydrogen-bond acceptors (Lipinski definition) is 1. The minimum absolute atomic E-state index is 0.838. The lowest BCUT2D eigenvalue weighted by atomic mass is 9.79. The van der Waals surface area contributed by atoms with E-state index in [1.807, 2.05) is 0 Å². The zero-order valence-corrected chi connectivity index (χ0v) is 10.8. The van der Waals surface area contributed by atoms with Crippen LogP contribution in [0.15, 0.2) is 30.3 Å². The fourth-order valence-electron chi connectivity index (χ4n) is 2.46. The smallest absolute Gasteiger partial charge is 0.335 e. The fourth-order valence-corrected chi connectivity index (χ4v) is 2.46. The molecule has 3 heteroatoms. The monoisotopic (exact) mass is 252 g/mol. The summed E-state index contributed by atoms with van der Waals surface area (Å²) < 4.78 is 10.5. The van der Waals surface area contributed by atoms with Crippen LogP contribution in [0.2, 0.25) is 0 Å². The SMILES string of the molecule is CC1CCCC(c2ccccc2)C1.O=C(O)CF. The summed E-state index contributed by atoms with van der Waals surface area (Å²) in [6.07, 6.45) is 5.64. The van der Waals surface area contributed by atoms with Gasteiger partial charge in [0.2, 0.25) is 0 Å². The lowest BCUT2D eigenvalue weighted by Gasteiger charge is -2.26. The number of carboxylic acids is 1. The first-order valence-electron chi connectivity index (χ1n) is 6.46. The Bertz CT molecular complexity index is 351. The predicted octanol–water partition coefficient (Wildman–Crippen LogP) is 4.02. The molecule has 2 rings (SSSR count). The first-order valence-corrected chi connectivity index (χ1v) is 6.46. The average Bonchev–Trinajstić information content (AvgIpc) is 2.40. The molecular weight excluding hydrogens is 231 g/mol. The summed E-state index contributed by atoms with van der Waals surface area (Å²) >= 11 is 0. The zero-order valence-electron chi connectivity index (χ0n) is 10.8. The van der Waals surface area contributed by atoms with Crippen molar-refractivity contribution in [1.29, 1.82) is 0 Å². The van der Waals surface area contributed by atoms with Gasteiger partial charge in [0.25, 0.3) is 0 Å². The largest absolute Gasteiger partial charge is 0.479 e. The van der Waals surface area contributed by atoms with Gasteiger partial charge in [0.1, 0.15) is 0 Å². The van der Waals surface area contributed by atoms with Crippen molar-refractivity contribution >= 4 is 5.97 Å². The first-order chi connectivity index (χ1) is 8.63. The third kappa shape index (κ3) is 5.30. The van der Waals surface area contributed by atoms with Gasteiger partial charge in [-0.3, -0.25) is 0 Å². The molecule has 0 amide bonds. The van der Waals surface area contributed by atoms with E-state index in [9.17, 15) is 4.39 Å². The lowest BCUT2D eigenvalue weighted by Crippen LogP contribution is -2.11. The maximum absolute atomic E-state index is 10.5. The number of hydrogen-bond donors (Lipinski definition) is 1. The van der Waals surface area contributed by atoms with Crippen molar-refractivity contribution in [3.05, 3.63) is 35.9 Å². The molecule has 0 aromatic heterocycles. The molecule has 1 saturated carbocycles. The number of halogens is 1. The second-order valence-electron chi connectivity index (χ2n) is 4.91. The summed E-state index contributed by atoms with van der Waals surface area (Å²) in [6.45, 7) is 1.11. The topological polar surface area (TPSA) is 37.3 Å². The van der Waals surface area contributed by atoms with E-state index in [1.54, 1.807) is 5.56 Å². The van der Waals surface area contributed by atoms with Gasteiger partial charge in [-0.25, -0.2) is 9.18 Å². The predicted molar refractivity (Wildman–Crippen MR) is 70.4 cm³/mol. The number of aliphatic carboxylic acids is 1. The van der Waals surface area contributed by atoms with Crippen LogP contribution < -0.4 is 0 Å². The van der Waals surface area contributed by atoms with E-state index in [4.69, 9.17) is 9.90 Å². The van der Waals surface area contributed by atoms with Crippen LogP contribution in [0, 0.1) is 5.92 Å². The van der Waals surface area contributed by atoms with Crippen LogP contribution in [-0.4, -0.2) is 17.8 Å². The first kappa shape index (κ1) is 14.7. The van der Waals surface area contributed by atoms with E-state index in [0.29, 0.717) is 0 Å². The van der Waals surface area contributed by atoms with Gasteiger partial charge < -0.3 is 5.11 Å². The molecule has 2 atom stereocenters. The van der Waals surface area contributed by atoms with Crippen molar-refractivity contribution in [1.82, 2.24) is 0 Å². The van der Waals surface area contributed by atoms with E-state index in [-0.39, 0.29) is 0 Å². The molecule has 1 N–H and O–H groups in total. The Kier molecular flexibility index (Phi) is 6.40. The Hall–Kier alpha value is -1.38. The lowest BCUT2D eigenvalue weighted by molar-refractivity contribution is -0.137. The summed E-state index contributed by atoms with van der Waals surface area (Å²) in [7, 11) is 0. The molecule has 0 spiro atoms. The summed E-state index contributed by atoms with van der Waals surface area (Å²) in [5.41, 5.74) is 1.55. The van der Waals surface area contributed by atoms with Crippen LogP contribution in [-0.2, 0) is 4.79 Å². The molecule has 0 heterocycles. The van der Waals surface area contributed by atoms with Crippen LogP contribution in [0.3, 0.4) is 0 Å². The molecule has 1 aliphatic carbocycles. The number of carbonyl (C=O) groups is 1. The average molecular weight is 252 g/mol. The molecule has 0 saturated heterocycles. The summed E-state index contributed by atoms with van der Waals surface area (Å²) in [6, 6.07) is 11.0. The van der Waals surface area contributed by atoms with Crippen LogP contribution in [0.1, 0.15) is 44.1 Å². The molecule has 1 aliphatic rings. The maximum Gasteiger partial charge on any atom is 0.335 e. The van der Waals surface area contributed by atoms with E-state index < -0.39 is 12.6 Å². The highest BCUT2D eigenvalue weighted by Crippen LogP contribution is 2.35. The van der Waals surface area contributed by atoms with Gasteiger partial charge in [-0.2, -0.15) is 0 Å². The van der Waals surface area contributed by atoms with Gasteiger partial charge in [-0.1, -0.05) is 50.1 Å². The van der Waals surface area contributed by atoms with Crippen LogP contribution in [0.4, 0.5) is 4.39 Å². The van der Waals surface area contributed by atoms with Gasteiger partial charge in [0.05, 0.1) is 0 Å². The van der Waals surface area contributed by atoms with Crippen molar-refractivity contribution in [3.63, 3.8) is 0 Å². The molecular formula is C15H21FO2. The quantitative estimate of drug-likeness (QED) is 0.863. The number of carboxylic acid groups (broad SMARTS) is 1. The summed E-state index contributed by atoms with van der Waals surface area (Å²) in [5, 5.41) is 7.35. The number of rotatable bonds is 2. The Balaban J connectivity index is 0.000000280. The van der Waals surface area contributed by atoms with Crippen LogP contribution in [0.25, 0.3) is 0 Å². The highest BCUT2D eigenvalue weighted by Gasteiger charge is 2.19. The van der Waals surface area contributed by atoms with Gasteiger partial charge in [0, 0.05) is 0 Å². The summed E-state index contributed by atoms with van der Waals surface area (Å²) in [5.74, 6) is 0.355. The maximum atomic E-state index is 10.5. The molecule has 1 aromatic carbocycles. The molecule has 0 radical (unpaired) electrons. The molecule has 100 valence electrons. The van der Waals surface area contributed by atoms with E-state index in [1.165, 1.54) is 25.7 Å². The molecule has 0 aliphatic heterocycles. The second-order valence-corrected chi connectivity index (χ2v) is 4.91. The van der Waals surface area contributed by atoms with Crippen molar-refractivity contribution < 1.29 is 14.3 Å². The standard InChI is InChI=1S/C13H18.C2H3FO2/c1-11-6-5-9-13(10-11)12-7-3-2-4-8-12;3-1-2(4)5/h2-4,7-8,11,13H,5-6,9-10H2,1H3;1H2,(H,4,5). The van der Waals surface area contributed by atoms with Crippen molar-refractivity contribution in [2.24, 2.45) is 5.92 Å². The molecule has 0 bridgehead atoms. The molecule has 1 fully saturated rings. The molecule has 2 unspecified atom stereocenters. The molecule has 1 aromatic rings. The number of alkyl halides is 1. The highest BCUT2D eigenvalue weighted by atomic mass is 19.1. The Morgan fingerprint density at radius 3 is 2.44 bits per heavy atom. The third-order valence-corrected chi connectivity index (χ3v) is 3.32. The summed E-state index contributed by atoms with van der Waals surface area (Å²) in [4.78, 5) is 8.99. The van der Waals surface area contributed by atoms with Gasteiger partial charge in [-0.15, -0.1) is 0 Å². The van der Waals surface area contributed by atoms with Gasteiger partial charge >= 0.3 is 5.97 Å². The Morgan fingerprint density at radius 2 is 1.94 bits per heavy atom. The van der Waals surface area contributed by atoms with Gasteiger partial charge in [0.15, 0.2) is 6.67 Å². The minimum atomic E-state index is -1.41. The zero-order chi connectivity index (χ0) is 13.4. The molecule has 18 heavy (non-hydrogen) atoms. The van der Waals surface area contributed by atoms with Crippen LogP contribution >= 0.6 is 0 Å². The van der Waals surface area contributed by atoms with Gasteiger partial charge in [-0.05, 0) is 30.2 Å². The Morgan fingerprint density at radius 1 is 1.33 bits per heavy atom. The van der Waals surface area contributed by atoms with Crippen molar-refractivity contribution in [2.75, 3.05) is 6.67 Å². The Labute approximate surface area is 108 Å². The number of benzene rings is 1. The normalized spacial score (nSPS) is 22.8. The third-order valence-electron chi connectivity index (χ3n) is 3.32. The van der Waals surface area contributed by atoms with Crippen molar-refractivity contribution in [2.45, 2.75) is 38.5 Å². The van der Waals surface area contributed by atoms with Crippen LogP contribution in [0.5, 0.6) is 0 Å². The second kappa shape index (κ2) is 7.85. The van der Waals surface area contributed by atoms with Crippen molar-refractivity contribution in [3.8, 4) is 0 Å². The highest BCUT2D eigenvalue weighted by molar-refractivity contribution is 5.67. The van der Waals surface area contributed by atoms with E-state index in [0.717, 1.165) is 11.8 Å². The minimum Gasteiger partial charge on any atom is -0.479 e. The fraction of sp³-hybridized carbons (Fsp3) is 0.533.